The predicted octanol–water partition coefficient (Wildman–Crippen LogP) is 1.30. The van der Waals surface area contributed by atoms with E-state index in [1.807, 2.05) is 6.92 Å². The van der Waals surface area contributed by atoms with Crippen LogP contribution in [0.1, 0.15) is 26.7 Å². The molecule has 0 aromatic carbocycles. The molecule has 94 valence electrons. The van der Waals surface area contributed by atoms with Gasteiger partial charge >= 0.3 is 5.97 Å². The van der Waals surface area contributed by atoms with Gasteiger partial charge in [0, 0.05) is 13.7 Å². The van der Waals surface area contributed by atoms with Crippen LogP contribution in [-0.4, -0.2) is 50.3 Å². The molecular weight excluding hydrogens is 206 g/mol. The highest BCUT2D eigenvalue weighted by Gasteiger charge is 2.26. The van der Waals surface area contributed by atoms with Gasteiger partial charge in [-0.2, -0.15) is 0 Å². The number of esters is 1. The van der Waals surface area contributed by atoms with Gasteiger partial charge in [0.2, 0.25) is 0 Å². The molecule has 0 radical (unpaired) electrons. The summed E-state index contributed by atoms with van der Waals surface area (Å²) in [5.41, 5.74) is 0. The Morgan fingerprint density at radius 3 is 2.56 bits per heavy atom. The molecule has 1 rings (SSSR count). The van der Waals surface area contributed by atoms with Crippen LogP contribution in [0.5, 0.6) is 0 Å². The van der Waals surface area contributed by atoms with E-state index in [0.717, 1.165) is 32.5 Å². The van der Waals surface area contributed by atoms with Crippen molar-refractivity contribution in [2.45, 2.75) is 32.8 Å². The number of methoxy groups -OCH3 is 1. The Bertz CT molecular complexity index is 212. The number of carbonyl (C=O) groups excluding carboxylic acids is 1. The third-order valence-electron chi connectivity index (χ3n) is 3.13. The Kier molecular flexibility index (Phi) is 5.77. The maximum atomic E-state index is 11.5. The van der Waals surface area contributed by atoms with Crippen LogP contribution in [0.3, 0.4) is 0 Å². The lowest BCUT2D eigenvalue weighted by atomic mass is 9.97. The van der Waals surface area contributed by atoms with E-state index in [1.165, 1.54) is 0 Å². The van der Waals surface area contributed by atoms with Gasteiger partial charge in [-0.15, -0.1) is 0 Å². The summed E-state index contributed by atoms with van der Waals surface area (Å²) in [6.45, 7) is 7.30. The normalized spacial score (nSPS) is 20.7. The first kappa shape index (κ1) is 13.5. The zero-order chi connectivity index (χ0) is 12.0. The molecule has 0 aromatic rings. The Hall–Kier alpha value is -0.610. The van der Waals surface area contributed by atoms with Gasteiger partial charge < -0.3 is 14.4 Å². The van der Waals surface area contributed by atoms with Crippen molar-refractivity contribution in [3.63, 3.8) is 0 Å². The summed E-state index contributed by atoms with van der Waals surface area (Å²) in [7, 11) is 1.73. The summed E-state index contributed by atoms with van der Waals surface area (Å²) in [6.07, 6.45) is 2.09. The summed E-state index contributed by atoms with van der Waals surface area (Å²) >= 11 is 0. The first-order valence-corrected chi connectivity index (χ1v) is 6.09. The van der Waals surface area contributed by atoms with Crippen molar-refractivity contribution in [1.82, 2.24) is 4.90 Å². The van der Waals surface area contributed by atoms with E-state index < -0.39 is 0 Å². The first-order valence-electron chi connectivity index (χ1n) is 6.09. The lowest BCUT2D eigenvalue weighted by molar-refractivity contribution is -0.149. The molecule has 4 heteroatoms. The Morgan fingerprint density at radius 2 is 2.06 bits per heavy atom. The number of likely N-dealkylation sites (tertiary alicyclic amines) is 1. The molecule has 1 atom stereocenters. The molecule has 0 bridgehead atoms. The topological polar surface area (TPSA) is 38.8 Å². The molecule has 16 heavy (non-hydrogen) atoms. The van der Waals surface area contributed by atoms with Crippen LogP contribution in [0.2, 0.25) is 0 Å². The van der Waals surface area contributed by atoms with Crippen LogP contribution in [0, 0.1) is 5.92 Å². The number of hydrogen-bond donors (Lipinski definition) is 0. The molecule has 0 N–H and O–H groups in total. The molecular formula is C12H23NO3. The van der Waals surface area contributed by atoms with Crippen molar-refractivity contribution in [2.75, 3.05) is 33.4 Å². The molecule has 1 unspecified atom stereocenters. The third kappa shape index (κ3) is 4.10. The zero-order valence-corrected chi connectivity index (χ0v) is 10.6. The monoisotopic (exact) mass is 229 g/mol. The molecule has 0 saturated carbocycles. The number of hydrogen-bond acceptors (Lipinski definition) is 4. The van der Waals surface area contributed by atoms with E-state index in [4.69, 9.17) is 9.47 Å². The van der Waals surface area contributed by atoms with Crippen molar-refractivity contribution in [3.05, 3.63) is 0 Å². The van der Waals surface area contributed by atoms with Crippen molar-refractivity contribution in [1.29, 1.82) is 0 Å². The third-order valence-corrected chi connectivity index (χ3v) is 3.13. The fraction of sp³-hybridized carbons (Fsp3) is 0.917. The van der Waals surface area contributed by atoms with E-state index in [-0.39, 0.29) is 18.0 Å². The number of carbonyl (C=O) groups is 1. The van der Waals surface area contributed by atoms with Crippen molar-refractivity contribution >= 4 is 5.97 Å². The average molecular weight is 229 g/mol. The largest absolute Gasteiger partial charge is 0.466 e. The van der Waals surface area contributed by atoms with Gasteiger partial charge in [-0.05, 0) is 39.8 Å². The van der Waals surface area contributed by atoms with E-state index in [1.54, 1.807) is 7.11 Å². The molecule has 0 spiro atoms. The maximum absolute atomic E-state index is 11.5. The first-order chi connectivity index (χ1) is 7.67. The number of rotatable bonds is 5. The lowest BCUT2D eigenvalue weighted by Gasteiger charge is -2.32. The molecule has 1 aliphatic rings. The van der Waals surface area contributed by atoms with Gasteiger partial charge in [0.1, 0.15) is 0 Å². The Morgan fingerprint density at radius 1 is 1.44 bits per heavy atom. The van der Waals surface area contributed by atoms with E-state index >= 15 is 0 Å². The zero-order valence-electron chi connectivity index (χ0n) is 10.6. The fourth-order valence-electron chi connectivity index (χ4n) is 2.05. The van der Waals surface area contributed by atoms with Gasteiger partial charge in [-0.25, -0.2) is 0 Å². The number of nitrogens with zero attached hydrogens (tertiary/aromatic N) is 1. The average Bonchev–Trinajstić information content (AvgIpc) is 2.30. The summed E-state index contributed by atoms with van der Waals surface area (Å²) in [4.78, 5) is 13.9. The molecule has 0 aliphatic carbocycles. The highest BCUT2D eigenvalue weighted by molar-refractivity contribution is 5.72. The predicted molar refractivity (Wildman–Crippen MR) is 62.3 cm³/mol. The van der Waals surface area contributed by atoms with Gasteiger partial charge in [0.05, 0.1) is 18.6 Å². The van der Waals surface area contributed by atoms with E-state index in [2.05, 4.69) is 11.8 Å². The lowest BCUT2D eigenvalue weighted by Crippen LogP contribution is -2.40. The summed E-state index contributed by atoms with van der Waals surface area (Å²) in [6, 6.07) is 0. The number of piperidine rings is 1. The van der Waals surface area contributed by atoms with Crippen molar-refractivity contribution < 1.29 is 14.3 Å². The van der Waals surface area contributed by atoms with Crippen molar-refractivity contribution in [2.24, 2.45) is 5.92 Å². The maximum Gasteiger partial charge on any atom is 0.309 e. The molecule has 0 amide bonds. The summed E-state index contributed by atoms with van der Waals surface area (Å²) in [5, 5.41) is 0. The molecule has 1 fully saturated rings. The summed E-state index contributed by atoms with van der Waals surface area (Å²) < 4.78 is 10.3. The second-order valence-electron chi connectivity index (χ2n) is 4.37. The quantitative estimate of drug-likeness (QED) is 0.666. The second kappa shape index (κ2) is 6.86. The minimum Gasteiger partial charge on any atom is -0.466 e. The standard InChI is InChI=1S/C12H23NO3/c1-4-16-12(14)11-5-7-13(8-6-11)9-10(2)15-3/h10-11H,4-9H2,1-3H3. The SMILES string of the molecule is CCOC(=O)C1CCN(CC(C)OC)CC1. The van der Waals surface area contributed by atoms with Crippen molar-refractivity contribution in [3.8, 4) is 0 Å². The van der Waals surface area contributed by atoms with Crippen LogP contribution >= 0.6 is 0 Å². The van der Waals surface area contributed by atoms with Gasteiger partial charge in [-0.3, -0.25) is 4.79 Å². The summed E-state index contributed by atoms with van der Waals surface area (Å²) in [5.74, 6) is 0.0796. The molecule has 0 aromatic heterocycles. The van der Waals surface area contributed by atoms with Crippen LogP contribution in [0.25, 0.3) is 0 Å². The second-order valence-corrected chi connectivity index (χ2v) is 4.37. The van der Waals surface area contributed by atoms with Gasteiger partial charge in [-0.1, -0.05) is 0 Å². The molecule has 4 nitrogen and oxygen atoms in total. The van der Waals surface area contributed by atoms with Gasteiger partial charge in [0.15, 0.2) is 0 Å². The van der Waals surface area contributed by atoms with Crippen LogP contribution < -0.4 is 0 Å². The molecule has 1 saturated heterocycles. The van der Waals surface area contributed by atoms with E-state index in [9.17, 15) is 4.79 Å². The fourth-order valence-corrected chi connectivity index (χ4v) is 2.05. The molecule has 1 heterocycles. The highest BCUT2D eigenvalue weighted by Crippen LogP contribution is 2.18. The molecule has 1 aliphatic heterocycles. The van der Waals surface area contributed by atoms with Crippen LogP contribution in [0.15, 0.2) is 0 Å². The van der Waals surface area contributed by atoms with Gasteiger partial charge in [0.25, 0.3) is 0 Å². The minimum atomic E-state index is -0.0260. The smallest absolute Gasteiger partial charge is 0.309 e. The van der Waals surface area contributed by atoms with Crippen LogP contribution in [-0.2, 0) is 14.3 Å². The number of ether oxygens (including phenoxy) is 2. The minimum absolute atomic E-state index is 0.0260. The Labute approximate surface area is 97.9 Å². The Balaban J connectivity index is 2.25. The van der Waals surface area contributed by atoms with Crippen LogP contribution in [0.4, 0.5) is 0 Å². The highest BCUT2D eigenvalue weighted by atomic mass is 16.5. The van der Waals surface area contributed by atoms with E-state index in [0.29, 0.717) is 6.61 Å².